The number of hydrogen-bond acceptors (Lipinski definition) is 2. The van der Waals surface area contributed by atoms with E-state index in [1.165, 1.54) is 19.3 Å². The summed E-state index contributed by atoms with van der Waals surface area (Å²) in [6, 6.07) is 0. The van der Waals surface area contributed by atoms with Crippen molar-refractivity contribution in [2.45, 2.75) is 33.1 Å². The summed E-state index contributed by atoms with van der Waals surface area (Å²) >= 11 is 3.56. The van der Waals surface area contributed by atoms with Crippen molar-refractivity contribution >= 4 is 15.9 Å². The molecule has 0 bridgehead atoms. The highest BCUT2D eigenvalue weighted by Crippen LogP contribution is 2.11. The van der Waals surface area contributed by atoms with Gasteiger partial charge in [-0.2, -0.15) is 0 Å². The predicted octanol–water partition coefficient (Wildman–Crippen LogP) is 2.50. The van der Waals surface area contributed by atoms with Crippen LogP contribution in [0.5, 0.6) is 0 Å². The van der Waals surface area contributed by atoms with Crippen LogP contribution in [0, 0.1) is 5.92 Å². The summed E-state index contributed by atoms with van der Waals surface area (Å²) in [5.41, 5.74) is 0. The summed E-state index contributed by atoms with van der Waals surface area (Å²) in [4.78, 5) is 2.36. The maximum atomic E-state index is 8.93. The molecule has 0 saturated carbocycles. The van der Waals surface area contributed by atoms with Crippen molar-refractivity contribution in [3.05, 3.63) is 0 Å². The Morgan fingerprint density at radius 1 is 1.21 bits per heavy atom. The maximum absolute atomic E-state index is 8.93. The molecule has 0 spiro atoms. The maximum Gasteiger partial charge on any atom is 0.0558 e. The fraction of sp³-hybridized carbons (Fsp3) is 1.00. The molecule has 86 valence electrons. The minimum Gasteiger partial charge on any atom is -0.395 e. The van der Waals surface area contributed by atoms with E-state index in [2.05, 4.69) is 34.7 Å². The van der Waals surface area contributed by atoms with Crippen molar-refractivity contribution in [1.82, 2.24) is 4.90 Å². The van der Waals surface area contributed by atoms with E-state index in [1.54, 1.807) is 0 Å². The molecule has 0 heterocycles. The number of halogens is 1. The molecule has 1 unspecified atom stereocenters. The fourth-order valence-electron chi connectivity index (χ4n) is 1.74. The number of rotatable bonds is 9. The molecular weight excluding hydrogens is 242 g/mol. The summed E-state index contributed by atoms with van der Waals surface area (Å²) in [5, 5.41) is 10.0. The van der Waals surface area contributed by atoms with E-state index in [4.69, 9.17) is 5.11 Å². The second-order valence-electron chi connectivity index (χ2n) is 3.83. The lowest BCUT2D eigenvalue weighted by atomic mass is 10.1. The van der Waals surface area contributed by atoms with Crippen molar-refractivity contribution in [1.29, 1.82) is 0 Å². The first-order valence-electron chi connectivity index (χ1n) is 5.67. The molecule has 3 heteroatoms. The standard InChI is InChI=1S/C11H24BrNO/c1-3-5-11(9-12)10-13(6-4-2)7-8-14/h11,14H,3-10H2,1-2H3. The molecule has 0 aliphatic rings. The third-order valence-electron chi connectivity index (χ3n) is 2.39. The predicted molar refractivity (Wildman–Crippen MR) is 66.0 cm³/mol. The summed E-state index contributed by atoms with van der Waals surface area (Å²) < 4.78 is 0. The van der Waals surface area contributed by atoms with E-state index in [0.717, 1.165) is 30.9 Å². The molecule has 14 heavy (non-hydrogen) atoms. The second kappa shape index (κ2) is 9.94. The van der Waals surface area contributed by atoms with Gasteiger partial charge in [-0.15, -0.1) is 0 Å². The lowest BCUT2D eigenvalue weighted by Gasteiger charge is -2.25. The lowest BCUT2D eigenvalue weighted by Crippen LogP contribution is -2.33. The normalized spacial score (nSPS) is 13.5. The molecule has 2 nitrogen and oxygen atoms in total. The third kappa shape index (κ3) is 6.80. The molecule has 0 aromatic heterocycles. The van der Waals surface area contributed by atoms with Gasteiger partial charge in [-0.25, -0.2) is 0 Å². The van der Waals surface area contributed by atoms with Crippen LogP contribution in [-0.2, 0) is 0 Å². The van der Waals surface area contributed by atoms with Gasteiger partial charge in [0, 0.05) is 18.4 Å². The van der Waals surface area contributed by atoms with Gasteiger partial charge in [0.15, 0.2) is 0 Å². The summed E-state index contributed by atoms with van der Waals surface area (Å²) in [5.74, 6) is 0.734. The highest BCUT2D eigenvalue weighted by Gasteiger charge is 2.11. The number of hydrogen-bond donors (Lipinski definition) is 1. The molecule has 0 aromatic carbocycles. The van der Waals surface area contributed by atoms with Crippen LogP contribution < -0.4 is 0 Å². The van der Waals surface area contributed by atoms with Crippen LogP contribution in [0.25, 0.3) is 0 Å². The first-order valence-corrected chi connectivity index (χ1v) is 6.79. The average Bonchev–Trinajstić information content (AvgIpc) is 2.18. The Kier molecular flexibility index (Phi) is 10.2. The fourth-order valence-corrected chi connectivity index (χ4v) is 2.27. The minimum absolute atomic E-state index is 0.279. The Balaban J connectivity index is 3.83. The monoisotopic (exact) mass is 265 g/mol. The van der Waals surface area contributed by atoms with Gasteiger partial charge in [-0.05, 0) is 25.3 Å². The third-order valence-corrected chi connectivity index (χ3v) is 3.30. The Morgan fingerprint density at radius 3 is 2.36 bits per heavy atom. The Labute approximate surface area is 96.8 Å². The van der Waals surface area contributed by atoms with Crippen LogP contribution in [-0.4, -0.2) is 41.6 Å². The van der Waals surface area contributed by atoms with Crippen molar-refractivity contribution in [3.8, 4) is 0 Å². The number of nitrogens with zero attached hydrogens (tertiary/aromatic N) is 1. The van der Waals surface area contributed by atoms with Gasteiger partial charge in [0.25, 0.3) is 0 Å². The second-order valence-corrected chi connectivity index (χ2v) is 4.48. The molecule has 0 aromatic rings. The van der Waals surface area contributed by atoms with Crippen LogP contribution in [0.3, 0.4) is 0 Å². The molecular formula is C11H24BrNO. The van der Waals surface area contributed by atoms with Crippen molar-refractivity contribution in [3.63, 3.8) is 0 Å². The van der Waals surface area contributed by atoms with E-state index in [-0.39, 0.29) is 6.61 Å². The molecule has 0 radical (unpaired) electrons. The Morgan fingerprint density at radius 2 is 1.93 bits per heavy atom. The van der Waals surface area contributed by atoms with Gasteiger partial charge in [-0.1, -0.05) is 36.2 Å². The number of alkyl halides is 1. The van der Waals surface area contributed by atoms with Crippen LogP contribution in [0.4, 0.5) is 0 Å². The zero-order valence-electron chi connectivity index (χ0n) is 9.51. The van der Waals surface area contributed by atoms with Gasteiger partial charge in [-0.3, -0.25) is 0 Å². The molecule has 0 amide bonds. The van der Waals surface area contributed by atoms with Crippen molar-refractivity contribution in [2.24, 2.45) is 5.92 Å². The zero-order valence-corrected chi connectivity index (χ0v) is 11.1. The minimum atomic E-state index is 0.279. The summed E-state index contributed by atoms with van der Waals surface area (Å²) in [6.07, 6.45) is 3.69. The zero-order chi connectivity index (χ0) is 10.8. The molecule has 0 aliphatic heterocycles. The Bertz CT molecular complexity index is 116. The highest BCUT2D eigenvalue weighted by atomic mass is 79.9. The van der Waals surface area contributed by atoms with E-state index in [1.807, 2.05) is 0 Å². The quantitative estimate of drug-likeness (QED) is 0.648. The first kappa shape index (κ1) is 14.4. The largest absolute Gasteiger partial charge is 0.395 e. The SMILES string of the molecule is CCCC(CBr)CN(CCC)CCO. The van der Waals surface area contributed by atoms with Crippen LogP contribution >= 0.6 is 15.9 Å². The number of aliphatic hydroxyl groups is 1. The van der Waals surface area contributed by atoms with Gasteiger partial charge in [0.05, 0.1) is 6.61 Å². The number of aliphatic hydroxyl groups excluding tert-OH is 1. The van der Waals surface area contributed by atoms with Crippen LogP contribution in [0.15, 0.2) is 0 Å². The molecule has 0 rings (SSSR count). The van der Waals surface area contributed by atoms with Gasteiger partial charge >= 0.3 is 0 Å². The molecule has 0 saturated heterocycles. The molecule has 1 N–H and O–H groups in total. The van der Waals surface area contributed by atoms with E-state index in [9.17, 15) is 0 Å². The Hall–Kier alpha value is 0.400. The summed E-state index contributed by atoms with van der Waals surface area (Å²) in [7, 11) is 0. The van der Waals surface area contributed by atoms with Gasteiger partial charge in [0.2, 0.25) is 0 Å². The van der Waals surface area contributed by atoms with E-state index in [0.29, 0.717) is 0 Å². The van der Waals surface area contributed by atoms with Gasteiger partial charge in [0.1, 0.15) is 0 Å². The first-order chi connectivity index (χ1) is 6.78. The van der Waals surface area contributed by atoms with Crippen LogP contribution in [0.2, 0.25) is 0 Å². The molecule has 0 fully saturated rings. The van der Waals surface area contributed by atoms with E-state index < -0.39 is 0 Å². The lowest BCUT2D eigenvalue weighted by molar-refractivity contribution is 0.177. The van der Waals surface area contributed by atoms with Crippen molar-refractivity contribution in [2.75, 3.05) is 31.6 Å². The average molecular weight is 266 g/mol. The smallest absolute Gasteiger partial charge is 0.0558 e. The van der Waals surface area contributed by atoms with Gasteiger partial charge < -0.3 is 10.0 Å². The van der Waals surface area contributed by atoms with E-state index >= 15 is 0 Å². The topological polar surface area (TPSA) is 23.5 Å². The van der Waals surface area contributed by atoms with Crippen LogP contribution in [0.1, 0.15) is 33.1 Å². The highest BCUT2D eigenvalue weighted by molar-refractivity contribution is 9.09. The molecule has 1 atom stereocenters. The van der Waals surface area contributed by atoms with Crippen molar-refractivity contribution < 1.29 is 5.11 Å². The summed E-state index contributed by atoms with van der Waals surface area (Å²) in [6.45, 7) is 7.74. The molecule has 0 aliphatic carbocycles.